The standard InChI is InChI=1S/C80H62N6Si2/c1-3-4-5-6-7-8-16-33-59(2)81-79-82-78(60-50-52-68(53-51-60)87(62-36-19-10-20-37-62,63-38-21-11-22-39-63)64-40-23-12-24-41-64)83-80(84-79)86-73-49-32-31-48-70(73)71-56-57-74-76(77(71)86)72-55-54-69(58-75(72)85(74)61-34-17-9-18-35-61)88(65-42-25-13-26-43-65,66-44-27-14-28-45-66)67-46-29-15-30-47-67/h3-58H,2H2,1H3,(H,81,82,83,84)/b4-3-,6-5?,8-7?,33-16-. The fourth-order valence-electron chi connectivity index (χ4n) is 13.2. The Bertz CT molecular complexity index is 4730. The lowest BCUT2D eigenvalue weighted by Gasteiger charge is -2.34. The topological polar surface area (TPSA) is 60.6 Å². The Hall–Kier alpha value is -11.0. The van der Waals surface area contributed by atoms with E-state index in [4.69, 9.17) is 15.0 Å². The van der Waals surface area contributed by atoms with Crippen molar-refractivity contribution in [1.82, 2.24) is 24.1 Å². The molecule has 1 N–H and O–H groups in total. The van der Waals surface area contributed by atoms with Crippen molar-refractivity contribution in [2.75, 3.05) is 5.32 Å². The van der Waals surface area contributed by atoms with Gasteiger partial charge in [0, 0.05) is 38.5 Å². The minimum atomic E-state index is -2.95. The van der Waals surface area contributed by atoms with Gasteiger partial charge in [-0.15, -0.1) is 0 Å². The van der Waals surface area contributed by atoms with Gasteiger partial charge in [0.2, 0.25) is 11.9 Å². The molecule has 88 heavy (non-hydrogen) atoms. The van der Waals surface area contributed by atoms with E-state index in [0.29, 0.717) is 23.4 Å². The van der Waals surface area contributed by atoms with Crippen LogP contribution in [-0.4, -0.2) is 40.2 Å². The number of nitrogens with zero attached hydrogens (tertiary/aromatic N) is 5. The van der Waals surface area contributed by atoms with E-state index < -0.39 is 16.1 Å². The lowest BCUT2D eigenvalue weighted by Crippen LogP contribution is -2.74. The molecule has 3 aromatic heterocycles. The van der Waals surface area contributed by atoms with E-state index in [1.165, 1.54) is 41.5 Å². The zero-order valence-corrected chi connectivity index (χ0v) is 50.8. The minimum absolute atomic E-state index is 0.371. The molecule has 8 heteroatoms. The third-order valence-electron chi connectivity index (χ3n) is 17.0. The van der Waals surface area contributed by atoms with Gasteiger partial charge in [-0.05, 0) is 84.8 Å². The number of hydrogen-bond acceptors (Lipinski definition) is 4. The normalized spacial score (nSPS) is 12.2. The van der Waals surface area contributed by atoms with Crippen LogP contribution in [-0.2, 0) is 0 Å². The number of hydrogen-bond donors (Lipinski definition) is 1. The van der Waals surface area contributed by atoms with E-state index in [9.17, 15) is 0 Å². The Balaban J connectivity index is 1.01. The quantitative estimate of drug-likeness (QED) is 0.0561. The first-order valence-electron chi connectivity index (χ1n) is 29.9. The summed E-state index contributed by atoms with van der Waals surface area (Å²) in [5, 5.41) is 18.3. The number of rotatable bonds is 17. The average molecular weight is 1160 g/mol. The summed E-state index contributed by atoms with van der Waals surface area (Å²) in [6.45, 7) is 6.45. The number of allylic oxidation sites excluding steroid dienone is 8. The highest BCUT2D eigenvalue weighted by Gasteiger charge is 2.43. The molecule has 0 fully saturated rings. The Morgan fingerprint density at radius 1 is 0.375 bits per heavy atom. The van der Waals surface area contributed by atoms with Crippen LogP contribution >= 0.6 is 0 Å². The summed E-state index contributed by atoms with van der Waals surface area (Å²) < 4.78 is 4.71. The summed E-state index contributed by atoms with van der Waals surface area (Å²) in [6, 6.07) is 107. The van der Waals surface area contributed by atoms with Crippen LogP contribution in [0.3, 0.4) is 0 Å². The molecule has 14 aromatic rings. The van der Waals surface area contributed by atoms with E-state index in [2.05, 4.69) is 312 Å². The zero-order valence-electron chi connectivity index (χ0n) is 48.8. The molecular formula is C80H62N6Si2. The van der Waals surface area contributed by atoms with E-state index in [1.807, 2.05) is 55.5 Å². The van der Waals surface area contributed by atoms with Crippen LogP contribution in [0.25, 0.3) is 66.6 Å². The Morgan fingerprint density at radius 2 is 0.818 bits per heavy atom. The van der Waals surface area contributed by atoms with Crippen molar-refractivity contribution in [3.63, 3.8) is 0 Å². The van der Waals surface area contributed by atoms with Gasteiger partial charge in [0.05, 0.1) is 22.1 Å². The molecule has 0 bridgehead atoms. The molecule has 0 atom stereocenters. The van der Waals surface area contributed by atoms with Gasteiger partial charge >= 0.3 is 0 Å². The van der Waals surface area contributed by atoms with Crippen molar-refractivity contribution in [3.8, 4) is 23.0 Å². The second-order valence-corrected chi connectivity index (χ2v) is 29.6. The van der Waals surface area contributed by atoms with Gasteiger partial charge < -0.3 is 9.88 Å². The van der Waals surface area contributed by atoms with Crippen LogP contribution in [0.2, 0.25) is 0 Å². The SMILES string of the molecule is C=C(/C=C\C=CC=C/C=C\C)Nc1nc(-c2ccc([Si](c3ccccc3)(c3ccccc3)c3ccccc3)cc2)nc(-n2c3ccccc3c3ccc4c(c5ccc([Si](c6ccccc6)(c6ccccc6)c6ccccc6)cc5n4-c4ccccc4)c32)n1. The average Bonchev–Trinajstić information content (AvgIpc) is 1.50. The van der Waals surface area contributed by atoms with Crippen molar-refractivity contribution < 1.29 is 0 Å². The first-order valence-corrected chi connectivity index (χ1v) is 33.9. The molecule has 11 aromatic carbocycles. The Morgan fingerprint density at radius 3 is 1.35 bits per heavy atom. The smallest absolute Gasteiger partial charge is 0.240 e. The maximum Gasteiger partial charge on any atom is 0.240 e. The summed E-state index contributed by atoms with van der Waals surface area (Å²) in [7, 11) is -5.79. The molecule has 6 nitrogen and oxygen atoms in total. The van der Waals surface area contributed by atoms with Gasteiger partial charge in [0.25, 0.3) is 0 Å². The fourth-order valence-corrected chi connectivity index (χ4v) is 22.7. The first-order chi connectivity index (χ1) is 43.5. The molecule has 420 valence electrons. The van der Waals surface area contributed by atoms with Crippen LogP contribution in [0.4, 0.5) is 5.95 Å². The van der Waals surface area contributed by atoms with Crippen LogP contribution in [0.1, 0.15) is 6.92 Å². The van der Waals surface area contributed by atoms with Gasteiger partial charge in [-0.2, -0.15) is 15.0 Å². The molecule has 0 spiro atoms. The predicted octanol–water partition coefficient (Wildman–Crippen LogP) is 13.7. The third kappa shape index (κ3) is 9.76. The van der Waals surface area contributed by atoms with Crippen LogP contribution in [0.5, 0.6) is 0 Å². The second-order valence-electron chi connectivity index (χ2n) is 22.0. The molecule has 0 aliphatic rings. The van der Waals surface area contributed by atoms with Crippen molar-refractivity contribution in [2.24, 2.45) is 0 Å². The van der Waals surface area contributed by atoms with E-state index in [0.717, 1.165) is 54.9 Å². The molecular weight excluding hydrogens is 1100 g/mol. The largest absolute Gasteiger partial charge is 0.325 e. The monoisotopic (exact) mass is 1160 g/mol. The highest BCUT2D eigenvalue weighted by Crippen LogP contribution is 2.42. The third-order valence-corrected chi connectivity index (χ3v) is 26.5. The van der Waals surface area contributed by atoms with Gasteiger partial charge in [-0.25, -0.2) is 0 Å². The lowest BCUT2D eigenvalue weighted by molar-refractivity contribution is 0.952. The first kappa shape index (κ1) is 54.9. The number of fused-ring (bicyclic) bond motifs is 7. The number of nitrogens with one attached hydrogen (secondary N) is 1. The Labute approximate surface area is 515 Å². The van der Waals surface area contributed by atoms with Crippen molar-refractivity contribution >= 4 is 107 Å². The van der Waals surface area contributed by atoms with Crippen LogP contribution in [0.15, 0.2) is 352 Å². The maximum atomic E-state index is 5.57. The lowest BCUT2D eigenvalue weighted by atomic mass is 10.1. The van der Waals surface area contributed by atoms with Crippen molar-refractivity contribution in [2.45, 2.75) is 6.92 Å². The maximum absolute atomic E-state index is 5.57. The summed E-state index contributed by atoms with van der Waals surface area (Å²) in [6.07, 6.45) is 15.9. The highest BCUT2D eigenvalue weighted by atomic mass is 28.3. The number of aromatic nitrogens is 5. The summed E-state index contributed by atoms with van der Waals surface area (Å²) in [4.78, 5) is 16.2. The summed E-state index contributed by atoms with van der Waals surface area (Å²) in [5.74, 6) is 1.37. The Kier molecular flexibility index (Phi) is 15.1. The van der Waals surface area contributed by atoms with Gasteiger partial charge in [-0.1, -0.05) is 310 Å². The number of para-hydroxylation sites is 2. The summed E-state index contributed by atoms with van der Waals surface area (Å²) in [5.41, 5.74) is 6.70. The molecule has 14 rings (SSSR count). The molecule has 0 amide bonds. The molecule has 0 saturated heterocycles. The molecule has 0 aliphatic carbocycles. The fraction of sp³-hybridized carbons (Fsp3) is 0.0125. The summed E-state index contributed by atoms with van der Waals surface area (Å²) >= 11 is 0. The van der Waals surface area contributed by atoms with E-state index >= 15 is 0 Å². The zero-order chi connectivity index (χ0) is 59.3. The van der Waals surface area contributed by atoms with Gasteiger partial charge in [0.1, 0.15) is 0 Å². The van der Waals surface area contributed by atoms with Crippen molar-refractivity contribution in [3.05, 3.63) is 352 Å². The van der Waals surface area contributed by atoms with Crippen LogP contribution in [0, 0.1) is 0 Å². The molecule has 0 radical (unpaired) electrons. The van der Waals surface area contributed by atoms with E-state index in [1.54, 1.807) is 0 Å². The molecule has 3 heterocycles. The molecule has 0 unspecified atom stereocenters. The molecule has 0 saturated carbocycles. The van der Waals surface area contributed by atoms with E-state index in [-0.39, 0.29) is 0 Å². The van der Waals surface area contributed by atoms with Gasteiger partial charge in [0.15, 0.2) is 22.0 Å². The van der Waals surface area contributed by atoms with Crippen molar-refractivity contribution in [1.29, 1.82) is 0 Å². The second kappa shape index (κ2) is 24.1. The van der Waals surface area contributed by atoms with Gasteiger partial charge in [-0.3, -0.25) is 4.57 Å². The highest BCUT2D eigenvalue weighted by molar-refractivity contribution is 7.20. The number of benzene rings is 11. The minimum Gasteiger partial charge on any atom is -0.325 e. The predicted molar refractivity (Wildman–Crippen MR) is 376 cm³/mol. The number of anilines is 1. The molecule has 0 aliphatic heterocycles. The van der Waals surface area contributed by atoms with Crippen LogP contribution < -0.4 is 46.8 Å².